The van der Waals surface area contributed by atoms with Crippen molar-refractivity contribution in [3.8, 4) is 0 Å². The van der Waals surface area contributed by atoms with Crippen LogP contribution >= 0.6 is 11.3 Å². The fraction of sp³-hybridized carbons (Fsp3) is 0.600. The van der Waals surface area contributed by atoms with E-state index in [4.69, 9.17) is 4.74 Å². The molecule has 21 heavy (non-hydrogen) atoms. The van der Waals surface area contributed by atoms with Crippen LogP contribution in [0, 0.1) is 0 Å². The van der Waals surface area contributed by atoms with Gasteiger partial charge in [-0.15, -0.1) is 11.3 Å². The molecule has 2 fully saturated rings. The van der Waals surface area contributed by atoms with Gasteiger partial charge in [0.1, 0.15) is 6.17 Å². The maximum absolute atomic E-state index is 12.9. The number of carbonyl (C=O) groups excluding carboxylic acids is 2. The molecule has 1 aromatic heterocycles. The van der Waals surface area contributed by atoms with E-state index in [0.717, 1.165) is 30.6 Å². The summed E-state index contributed by atoms with van der Waals surface area (Å²) in [7, 11) is 1.38. The first-order chi connectivity index (χ1) is 10.2. The van der Waals surface area contributed by atoms with Gasteiger partial charge < -0.3 is 9.64 Å². The summed E-state index contributed by atoms with van der Waals surface area (Å²) in [6, 6.07) is 4.03. The molecule has 1 unspecified atom stereocenters. The Hall–Kier alpha value is -1.40. The van der Waals surface area contributed by atoms with E-state index in [1.165, 1.54) is 7.11 Å². The van der Waals surface area contributed by atoms with Crippen molar-refractivity contribution in [3.05, 3.63) is 22.4 Å². The predicted octanol–water partition coefficient (Wildman–Crippen LogP) is 2.05. The fourth-order valence-electron chi connectivity index (χ4n) is 3.35. The number of nitrogens with zero attached hydrogens (tertiary/aromatic N) is 1. The molecule has 0 bridgehead atoms. The second-order valence-electron chi connectivity index (χ2n) is 5.68. The van der Waals surface area contributed by atoms with Crippen LogP contribution in [0.25, 0.3) is 0 Å². The van der Waals surface area contributed by atoms with Gasteiger partial charge in [0.25, 0.3) is 0 Å². The summed E-state index contributed by atoms with van der Waals surface area (Å²) < 4.78 is 4.69. The molecule has 1 aromatic rings. The number of nitrogens with one attached hydrogen (secondary N) is 1. The molecular formula is C15H20N2O3S. The van der Waals surface area contributed by atoms with Crippen molar-refractivity contribution in [1.29, 1.82) is 0 Å². The Balaban J connectivity index is 1.82. The lowest BCUT2D eigenvalue weighted by Gasteiger charge is -2.22. The van der Waals surface area contributed by atoms with Gasteiger partial charge in [-0.05, 0) is 24.3 Å². The second kappa shape index (κ2) is 5.77. The average molecular weight is 308 g/mol. The van der Waals surface area contributed by atoms with E-state index in [1.54, 1.807) is 11.3 Å². The minimum absolute atomic E-state index is 0.111. The first-order valence-electron chi connectivity index (χ1n) is 7.35. The zero-order valence-electron chi connectivity index (χ0n) is 12.1. The minimum Gasteiger partial charge on any atom is -0.469 e. The van der Waals surface area contributed by atoms with Crippen LogP contribution in [0.15, 0.2) is 17.5 Å². The lowest BCUT2D eigenvalue weighted by atomic mass is 9.98. The topological polar surface area (TPSA) is 58.6 Å². The highest BCUT2D eigenvalue weighted by Crippen LogP contribution is 2.41. The molecule has 1 aliphatic carbocycles. The van der Waals surface area contributed by atoms with E-state index in [0.29, 0.717) is 6.54 Å². The van der Waals surface area contributed by atoms with E-state index >= 15 is 0 Å². The second-order valence-corrected chi connectivity index (χ2v) is 6.66. The van der Waals surface area contributed by atoms with Crippen LogP contribution in [0.3, 0.4) is 0 Å². The predicted molar refractivity (Wildman–Crippen MR) is 79.7 cm³/mol. The van der Waals surface area contributed by atoms with Gasteiger partial charge >= 0.3 is 5.97 Å². The number of methoxy groups -OCH3 is 1. The number of carbonyl (C=O) groups is 2. The summed E-state index contributed by atoms with van der Waals surface area (Å²) in [5, 5.41) is 5.56. The Morgan fingerprint density at radius 3 is 2.90 bits per heavy atom. The van der Waals surface area contributed by atoms with E-state index in [9.17, 15) is 9.59 Å². The highest BCUT2D eigenvalue weighted by Gasteiger charge is 2.52. The van der Waals surface area contributed by atoms with Crippen molar-refractivity contribution < 1.29 is 14.3 Å². The van der Waals surface area contributed by atoms with Crippen LogP contribution in [-0.2, 0) is 14.3 Å². The molecular weight excluding hydrogens is 288 g/mol. The maximum Gasteiger partial charge on any atom is 0.307 e. The summed E-state index contributed by atoms with van der Waals surface area (Å²) in [4.78, 5) is 27.2. The molecule has 2 aliphatic rings. The SMILES string of the molecule is COC(=O)CCN1C(=O)C2(CCCC2)NC1c1cccs1. The van der Waals surface area contributed by atoms with Crippen LogP contribution in [0.2, 0.25) is 0 Å². The van der Waals surface area contributed by atoms with E-state index < -0.39 is 5.54 Å². The van der Waals surface area contributed by atoms with Crippen molar-refractivity contribution in [2.24, 2.45) is 0 Å². The summed E-state index contributed by atoms with van der Waals surface area (Å²) in [6.07, 6.45) is 4.08. The Labute approximate surface area is 128 Å². The van der Waals surface area contributed by atoms with Crippen LogP contribution in [0.4, 0.5) is 0 Å². The molecule has 1 aliphatic heterocycles. The van der Waals surface area contributed by atoms with E-state index in [-0.39, 0.29) is 24.5 Å². The zero-order valence-corrected chi connectivity index (χ0v) is 12.9. The van der Waals surface area contributed by atoms with Gasteiger partial charge in [-0.2, -0.15) is 0 Å². The van der Waals surface area contributed by atoms with Gasteiger partial charge in [0, 0.05) is 11.4 Å². The molecule has 1 N–H and O–H groups in total. The lowest BCUT2D eigenvalue weighted by Crippen LogP contribution is -2.44. The van der Waals surface area contributed by atoms with Crippen molar-refractivity contribution in [2.75, 3.05) is 13.7 Å². The highest BCUT2D eigenvalue weighted by atomic mass is 32.1. The number of esters is 1. The third-order valence-corrected chi connectivity index (χ3v) is 5.37. The van der Waals surface area contributed by atoms with Crippen molar-refractivity contribution in [2.45, 2.75) is 43.8 Å². The normalized spacial score (nSPS) is 24.0. The number of thiophene rings is 1. The third kappa shape index (κ3) is 2.58. The van der Waals surface area contributed by atoms with Crippen molar-refractivity contribution in [1.82, 2.24) is 10.2 Å². The number of ether oxygens (including phenoxy) is 1. The van der Waals surface area contributed by atoms with Crippen LogP contribution in [-0.4, -0.2) is 36.0 Å². The number of amides is 1. The Morgan fingerprint density at radius 1 is 1.52 bits per heavy atom. The van der Waals surface area contributed by atoms with Gasteiger partial charge in [0.05, 0.1) is 19.1 Å². The maximum atomic E-state index is 12.9. The molecule has 2 heterocycles. The molecule has 3 rings (SSSR count). The monoisotopic (exact) mass is 308 g/mol. The van der Waals surface area contributed by atoms with Gasteiger partial charge in [-0.3, -0.25) is 14.9 Å². The van der Waals surface area contributed by atoms with Gasteiger partial charge in [0.2, 0.25) is 5.91 Å². The summed E-state index contributed by atoms with van der Waals surface area (Å²) in [5.41, 5.74) is -0.412. The quantitative estimate of drug-likeness (QED) is 0.865. The molecule has 0 aromatic carbocycles. The molecule has 114 valence electrons. The van der Waals surface area contributed by atoms with Gasteiger partial charge in [0.15, 0.2) is 0 Å². The smallest absolute Gasteiger partial charge is 0.307 e. The Bertz CT molecular complexity index is 523. The largest absolute Gasteiger partial charge is 0.469 e. The van der Waals surface area contributed by atoms with E-state index in [1.807, 2.05) is 22.4 Å². The Morgan fingerprint density at radius 2 is 2.29 bits per heavy atom. The fourth-order valence-corrected chi connectivity index (χ4v) is 4.13. The third-order valence-electron chi connectivity index (χ3n) is 4.45. The molecule has 1 saturated carbocycles. The minimum atomic E-state index is -0.412. The average Bonchev–Trinajstić information content (AvgIpc) is 3.21. The van der Waals surface area contributed by atoms with Crippen molar-refractivity contribution >= 4 is 23.2 Å². The molecule has 1 saturated heterocycles. The standard InChI is InChI=1S/C15H20N2O3S/c1-20-12(18)6-9-17-13(11-5-4-10-21-11)16-15(14(17)19)7-2-3-8-15/h4-5,10,13,16H,2-3,6-9H2,1H3. The molecule has 1 atom stereocenters. The van der Waals surface area contributed by atoms with Crippen LogP contribution < -0.4 is 5.32 Å². The summed E-state index contributed by atoms with van der Waals surface area (Å²) >= 11 is 1.64. The van der Waals surface area contributed by atoms with Gasteiger partial charge in [-0.25, -0.2) is 0 Å². The lowest BCUT2D eigenvalue weighted by molar-refractivity contribution is -0.142. The van der Waals surface area contributed by atoms with E-state index in [2.05, 4.69) is 5.32 Å². The molecule has 0 radical (unpaired) electrons. The summed E-state index contributed by atoms with van der Waals surface area (Å²) in [5.74, 6) is -0.137. The van der Waals surface area contributed by atoms with Crippen molar-refractivity contribution in [3.63, 3.8) is 0 Å². The molecule has 5 nitrogen and oxygen atoms in total. The zero-order chi connectivity index (χ0) is 14.9. The van der Waals surface area contributed by atoms with Gasteiger partial charge in [-0.1, -0.05) is 18.9 Å². The Kier molecular flexibility index (Phi) is 3.99. The van der Waals surface area contributed by atoms with Crippen LogP contribution in [0.1, 0.15) is 43.1 Å². The first-order valence-corrected chi connectivity index (χ1v) is 8.23. The first kappa shape index (κ1) is 14.5. The molecule has 1 amide bonds. The highest BCUT2D eigenvalue weighted by molar-refractivity contribution is 7.10. The number of hydrogen-bond donors (Lipinski definition) is 1. The number of rotatable bonds is 4. The summed E-state index contributed by atoms with van der Waals surface area (Å²) in [6.45, 7) is 0.406. The molecule has 1 spiro atoms. The molecule has 6 heteroatoms. The number of hydrogen-bond acceptors (Lipinski definition) is 5. The van der Waals surface area contributed by atoms with Crippen LogP contribution in [0.5, 0.6) is 0 Å².